The van der Waals surface area contributed by atoms with Crippen LogP contribution in [0, 0.1) is 6.92 Å². The summed E-state index contributed by atoms with van der Waals surface area (Å²) in [4.78, 5) is 20.5. The predicted octanol–water partition coefficient (Wildman–Crippen LogP) is 2.17. The lowest BCUT2D eigenvalue weighted by Crippen LogP contribution is -2.12. The lowest BCUT2D eigenvalue weighted by atomic mass is 10.3. The molecule has 3 N–H and O–H groups in total. The van der Waals surface area contributed by atoms with Crippen LogP contribution in [-0.4, -0.2) is 27.6 Å². The maximum Gasteiger partial charge on any atom is 0.275 e. The van der Waals surface area contributed by atoms with Crippen LogP contribution in [0.5, 0.6) is 5.75 Å². The van der Waals surface area contributed by atoms with Crippen molar-refractivity contribution in [2.45, 2.75) is 20.0 Å². The quantitative estimate of drug-likeness (QED) is 0.664. The van der Waals surface area contributed by atoms with Crippen molar-refractivity contribution in [3.63, 3.8) is 0 Å². The molecule has 0 unspecified atom stereocenters. The molecule has 2 aromatic heterocycles. The number of benzene rings is 1. The second-order valence-corrected chi connectivity index (χ2v) is 6.10. The highest BCUT2D eigenvalue weighted by atomic mass is 32.1. The molecular weight excluding hydrogens is 342 g/mol. The summed E-state index contributed by atoms with van der Waals surface area (Å²) < 4.78 is 10.4. The Hall–Kier alpha value is -2.78. The van der Waals surface area contributed by atoms with Gasteiger partial charge in [0.15, 0.2) is 6.61 Å². The van der Waals surface area contributed by atoms with Gasteiger partial charge in [-0.3, -0.25) is 4.79 Å². The van der Waals surface area contributed by atoms with E-state index in [1.165, 1.54) is 11.3 Å². The largest absolute Gasteiger partial charge is 0.485 e. The Kier molecular flexibility index (Phi) is 5.36. The predicted molar refractivity (Wildman–Crippen MR) is 92.6 cm³/mol. The molecule has 8 nitrogen and oxygen atoms in total. The third kappa shape index (κ3) is 4.61. The number of aromatic nitrogens is 3. The van der Waals surface area contributed by atoms with Gasteiger partial charge < -0.3 is 20.3 Å². The number of hydrogen-bond donors (Lipinski definition) is 2. The highest BCUT2D eigenvalue weighted by Crippen LogP contribution is 2.18. The summed E-state index contributed by atoms with van der Waals surface area (Å²) in [5.41, 5.74) is 6.53. The zero-order valence-corrected chi connectivity index (χ0v) is 14.4. The van der Waals surface area contributed by atoms with Gasteiger partial charge in [-0.05, 0) is 30.8 Å². The maximum atomic E-state index is 12.2. The van der Waals surface area contributed by atoms with Crippen molar-refractivity contribution in [2.75, 3.05) is 11.9 Å². The molecule has 0 aliphatic carbocycles. The number of carbonyl (C=O) groups excluding carboxylic acids is 1. The minimum absolute atomic E-state index is 0.214. The molecule has 2 heterocycles. The van der Waals surface area contributed by atoms with Gasteiger partial charge in [0.25, 0.3) is 5.91 Å². The smallest absolute Gasteiger partial charge is 0.275 e. The summed E-state index contributed by atoms with van der Waals surface area (Å²) >= 11 is 1.43. The van der Waals surface area contributed by atoms with Gasteiger partial charge in [-0.1, -0.05) is 5.16 Å². The Morgan fingerprint density at radius 3 is 2.80 bits per heavy atom. The first-order chi connectivity index (χ1) is 12.1. The number of thiazole rings is 1. The van der Waals surface area contributed by atoms with Gasteiger partial charge in [0.1, 0.15) is 11.4 Å². The summed E-state index contributed by atoms with van der Waals surface area (Å²) in [6.07, 6.45) is 0.671. The van der Waals surface area contributed by atoms with E-state index in [1.54, 1.807) is 36.6 Å². The van der Waals surface area contributed by atoms with E-state index < -0.39 is 0 Å². The first-order valence-electron chi connectivity index (χ1n) is 7.62. The summed E-state index contributed by atoms with van der Waals surface area (Å²) in [6, 6.07) is 7.01. The second kappa shape index (κ2) is 7.86. The molecule has 0 saturated heterocycles. The van der Waals surface area contributed by atoms with Gasteiger partial charge in [-0.15, -0.1) is 11.3 Å². The minimum Gasteiger partial charge on any atom is -0.485 e. The van der Waals surface area contributed by atoms with Gasteiger partial charge >= 0.3 is 0 Å². The van der Waals surface area contributed by atoms with Crippen LogP contribution in [-0.2, 0) is 13.0 Å². The molecular formula is C16H17N5O3S. The van der Waals surface area contributed by atoms with Crippen LogP contribution in [0.4, 0.5) is 5.69 Å². The fourth-order valence-corrected chi connectivity index (χ4v) is 2.83. The van der Waals surface area contributed by atoms with Crippen LogP contribution in [0.15, 0.2) is 34.2 Å². The number of ether oxygens (including phenoxy) is 1. The Morgan fingerprint density at radius 1 is 1.32 bits per heavy atom. The molecule has 0 aliphatic rings. The zero-order valence-electron chi connectivity index (χ0n) is 13.6. The average Bonchev–Trinajstić information content (AvgIpc) is 3.24. The van der Waals surface area contributed by atoms with Gasteiger partial charge in [0, 0.05) is 24.4 Å². The summed E-state index contributed by atoms with van der Waals surface area (Å²) in [5, 5.41) is 9.13. The van der Waals surface area contributed by atoms with Crippen LogP contribution in [0.25, 0.3) is 0 Å². The van der Waals surface area contributed by atoms with Crippen molar-refractivity contribution < 1.29 is 14.1 Å². The molecule has 0 atom stereocenters. The molecule has 0 radical (unpaired) electrons. The van der Waals surface area contributed by atoms with E-state index in [0.29, 0.717) is 41.8 Å². The van der Waals surface area contributed by atoms with Crippen molar-refractivity contribution in [1.29, 1.82) is 0 Å². The molecule has 3 aromatic rings. The standard InChI is InChI=1S/C16H17N5O3S/c1-10-18-14(21-24-10)8-23-12-4-2-11(3-5-12)19-16(22)13-9-25-15(20-13)6-7-17/h2-5,9H,6-8,17H2,1H3,(H,19,22). The number of anilines is 1. The van der Waals surface area contributed by atoms with E-state index in [2.05, 4.69) is 20.4 Å². The molecule has 0 spiro atoms. The fraction of sp³-hybridized carbons (Fsp3) is 0.250. The summed E-state index contributed by atoms with van der Waals surface area (Å²) in [7, 11) is 0. The lowest BCUT2D eigenvalue weighted by Gasteiger charge is -2.06. The van der Waals surface area contributed by atoms with Crippen LogP contribution in [0.1, 0.15) is 27.2 Å². The van der Waals surface area contributed by atoms with Crippen molar-refractivity contribution >= 4 is 22.9 Å². The first kappa shape index (κ1) is 17.1. The minimum atomic E-state index is -0.254. The van der Waals surface area contributed by atoms with Crippen LogP contribution in [0.2, 0.25) is 0 Å². The zero-order chi connectivity index (χ0) is 17.6. The number of aryl methyl sites for hydroxylation is 1. The van der Waals surface area contributed by atoms with Crippen LogP contribution >= 0.6 is 11.3 Å². The highest BCUT2D eigenvalue weighted by molar-refractivity contribution is 7.09. The Labute approximate surface area is 148 Å². The van der Waals surface area contributed by atoms with Crippen molar-refractivity contribution in [2.24, 2.45) is 5.73 Å². The third-order valence-electron chi connectivity index (χ3n) is 3.19. The van der Waals surface area contributed by atoms with E-state index in [-0.39, 0.29) is 12.5 Å². The van der Waals surface area contributed by atoms with Crippen LogP contribution < -0.4 is 15.8 Å². The van der Waals surface area contributed by atoms with E-state index >= 15 is 0 Å². The molecule has 0 saturated carbocycles. The van der Waals surface area contributed by atoms with Gasteiger partial charge in [0.05, 0.1) is 5.01 Å². The number of nitrogens with zero attached hydrogens (tertiary/aromatic N) is 3. The Bertz CT molecular complexity index is 844. The average molecular weight is 359 g/mol. The van der Waals surface area contributed by atoms with E-state index in [0.717, 1.165) is 5.01 Å². The fourth-order valence-electron chi connectivity index (χ4n) is 2.03. The Morgan fingerprint density at radius 2 is 2.12 bits per heavy atom. The molecule has 0 bridgehead atoms. The SMILES string of the molecule is Cc1nc(COc2ccc(NC(=O)c3csc(CCN)n3)cc2)no1. The molecule has 130 valence electrons. The highest BCUT2D eigenvalue weighted by Gasteiger charge is 2.11. The molecule has 3 rings (SSSR count). The first-order valence-corrected chi connectivity index (χ1v) is 8.50. The molecule has 1 amide bonds. The maximum absolute atomic E-state index is 12.2. The molecule has 0 fully saturated rings. The number of nitrogens with two attached hydrogens (primary N) is 1. The normalized spacial score (nSPS) is 10.6. The van der Waals surface area contributed by atoms with Crippen molar-refractivity contribution in [3.8, 4) is 5.75 Å². The van der Waals surface area contributed by atoms with E-state index in [9.17, 15) is 4.79 Å². The monoisotopic (exact) mass is 359 g/mol. The van der Waals surface area contributed by atoms with Crippen molar-refractivity contribution in [3.05, 3.63) is 52.1 Å². The van der Waals surface area contributed by atoms with E-state index in [1.807, 2.05) is 0 Å². The van der Waals surface area contributed by atoms with Gasteiger partial charge in [-0.2, -0.15) is 4.98 Å². The number of rotatable bonds is 7. The Balaban J connectivity index is 1.55. The lowest BCUT2D eigenvalue weighted by molar-refractivity contribution is 0.102. The topological polar surface area (TPSA) is 116 Å². The number of carbonyl (C=O) groups is 1. The summed E-state index contributed by atoms with van der Waals surface area (Å²) in [6.45, 7) is 2.44. The number of nitrogens with one attached hydrogen (secondary N) is 1. The second-order valence-electron chi connectivity index (χ2n) is 5.16. The number of hydrogen-bond acceptors (Lipinski definition) is 8. The van der Waals surface area contributed by atoms with Crippen LogP contribution in [0.3, 0.4) is 0 Å². The van der Waals surface area contributed by atoms with Gasteiger partial charge in [-0.25, -0.2) is 4.98 Å². The molecule has 25 heavy (non-hydrogen) atoms. The number of amides is 1. The molecule has 1 aromatic carbocycles. The van der Waals surface area contributed by atoms with Crippen molar-refractivity contribution in [1.82, 2.24) is 15.1 Å². The third-order valence-corrected chi connectivity index (χ3v) is 4.10. The molecule has 9 heteroatoms. The van der Waals surface area contributed by atoms with Gasteiger partial charge in [0.2, 0.25) is 11.7 Å². The molecule has 0 aliphatic heterocycles. The van der Waals surface area contributed by atoms with E-state index in [4.69, 9.17) is 15.0 Å². The summed E-state index contributed by atoms with van der Waals surface area (Å²) in [5.74, 6) is 1.36.